The van der Waals surface area contributed by atoms with E-state index in [0.29, 0.717) is 39.6 Å². The van der Waals surface area contributed by atoms with E-state index < -0.39 is 17.6 Å². The molecule has 1 atom stereocenters. The van der Waals surface area contributed by atoms with Gasteiger partial charge in [-0.1, -0.05) is 6.92 Å². The van der Waals surface area contributed by atoms with E-state index in [1.807, 2.05) is 54.1 Å². The lowest BCUT2D eigenvalue weighted by Crippen LogP contribution is -2.47. The second-order valence-corrected chi connectivity index (χ2v) is 15.0. The molecule has 224 valence electrons. The molecule has 0 radical (unpaired) electrons. The molecule has 0 aliphatic heterocycles. The zero-order chi connectivity index (χ0) is 28.3. The number of nitrogens with zero attached hydrogens (tertiary/aromatic N) is 3. The molecule has 0 saturated heterocycles. The second kappa shape index (κ2) is 19.4. The smallest absolute Gasteiger partial charge is 0.374 e. The second-order valence-electron chi connectivity index (χ2n) is 9.58. The van der Waals surface area contributed by atoms with Crippen molar-refractivity contribution < 1.29 is 26.6 Å². The average Bonchev–Trinajstić information content (AvgIpc) is 3.44. The normalized spacial score (nSPS) is 14.3. The van der Waals surface area contributed by atoms with Crippen molar-refractivity contribution in [3.05, 3.63) is 18.7 Å². The van der Waals surface area contributed by atoms with Gasteiger partial charge in [-0.2, -0.15) is 0 Å². The summed E-state index contributed by atoms with van der Waals surface area (Å²) in [4.78, 5) is 6.86. The van der Waals surface area contributed by atoms with E-state index in [2.05, 4.69) is 34.5 Å². The summed E-state index contributed by atoms with van der Waals surface area (Å²) in [6, 6.07) is 1.64. The van der Waals surface area contributed by atoms with Crippen LogP contribution in [0.5, 0.6) is 0 Å². The zero-order valence-corrected chi connectivity index (χ0v) is 27.6. The van der Waals surface area contributed by atoms with Gasteiger partial charge in [0, 0.05) is 76.2 Å². The van der Waals surface area contributed by atoms with Crippen LogP contribution in [0, 0.1) is 0 Å². The van der Waals surface area contributed by atoms with Crippen molar-refractivity contribution in [1.29, 1.82) is 0 Å². The van der Waals surface area contributed by atoms with Gasteiger partial charge in [0.15, 0.2) is 0 Å². The van der Waals surface area contributed by atoms with E-state index in [4.69, 9.17) is 26.6 Å². The van der Waals surface area contributed by atoms with Gasteiger partial charge < -0.3 is 36.0 Å². The first-order valence-electron chi connectivity index (χ1n) is 14.9. The molecule has 1 aromatic rings. The number of rotatable bonds is 25. The summed E-state index contributed by atoms with van der Waals surface area (Å²) in [5, 5.41) is 0. The molecule has 1 unspecified atom stereocenters. The quantitative estimate of drug-likeness (QED) is 0.140. The molecule has 0 aliphatic rings. The van der Waals surface area contributed by atoms with E-state index in [1.165, 1.54) is 0 Å². The van der Waals surface area contributed by atoms with E-state index in [-0.39, 0.29) is 5.54 Å². The van der Waals surface area contributed by atoms with Crippen LogP contribution in [0.25, 0.3) is 0 Å². The zero-order valence-electron chi connectivity index (χ0n) is 25.6. The van der Waals surface area contributed by atoms with Crippen LogP contribution in [-0.2, 0) is 32.1 Å². The lowest BCUT2D eigenvalue weighted by Gasteiger charge is -2.34. The topological polar surface area (TPSA) is 76.4 Å². The fourth-order valence-corrected chi connectivity index (χ4v) is 10.0. The first kappa shape index (κ1) is 35.4. The van der Waals surface area contributed by atoms with Crippen LogP contribution >= 0.6 is 0 Å². The summed E-state index contributed by atoms with van der Waals surface area (Å²) in [6.45, 7) is 23.2. The van der Waals surface area contributed by atoms with Gasteiger partial charge in [0.25, 0.3) is 0 Å². The first-order valence-corrected chi connectivity index (χ1v) is 18.7. The highest BCUT2D eigenvalue weighted by Crippen LogP contribution is 2.26. The SMILES string of the molecule is CCO[Si](CCCN(CCC[Si](OCC)(OCC)OCC)CCC(C)(CC)n1ccnc1)(OCC)OCC. The molecule has 0 N–H and O–H groups in total. The van der Waals surface area contributed by atoms with Crippen LogP contribution in [0.1, 0.15) is 81.1 Å². The Morgan fingerprint density at radius 3 is 1.42 bits per heavy atom. The van der Waals surface area contributed by atoms with Crippen LogP contribution in [0.15, 0.2) is 18.7 Å². The van der Waals surface area contributed by atoms with Gasteiger partial charge in [-0.05, 0) is 87.2 Å². The Bertz CT molecular complexity index is 634. The summed E-state index contributed by atoms with van der Waals surface area (Å²) in [7, 11) is -5.32. The van der Waals surface area contributed by atoms with Gasteiger partial charge in [0.05, 0.1) is 6.33 Å². The molecule has 0 saturated carbocycles. The molecule has 1 aromatic heterocycles. The van der Waals surface area contributed by atoms with Crippen molar-refractivity contribution in [1.82, 2.24) is 14.5 Å². The van der Waals surface area contributed by atoms with Gasteiger partial charge >= 0.3 is 17.6 Å². The monoisotopic (exact) mass is 575 g/mol. The molecule has 38 heavy (non-hydrogen) atoms. The van der Waals surface area contributed by atoms with Crippen molar-refractivity contribution in [3.63, 3.8) is 0 Å². The summed E-state index contributed by atoms with van der Waals surface area (Å²) in [6.07, 6.45) is 9.89. The largest absolute Gasteiger partial charge is 0.500 e. The molecular weight excluding hydrogens is 518 g/mol. The lowest BCUT2D eigenvalue weighted by molar-refractivity contribution is 0.0689. The van der Waals surface area contributed by atoms with Crippen molar-refractivity contribution in [2.75, 3.05) is 59.3 Å². The van der Waals surface area contributed by atoms with Crippen LogP contribution in [0.2, 0.25) is 12.1 Å². The minimum Gasteiger partial charge on any atom is -0.374 e. The number of imidazole rings is 1. The van der Waals surface area contributed by atoms with Crippen molar-refractivity contribution in [3.8, 4) is 0 Å². The van der Waals surface area contributed by atoms with Crippen LogP contribution < -0.4 is 0 Å². The molecule has 9 nitrogen and oxygen atoms in total. The van der Waals surface area contributed by atoms with Gasteiger partial charge in [-0.3, -0.25) is 0 Å². The van der Waals surface area contributed by atoms with E-state index in [1.54, 1.807) is 0 Å². The fraction of sp³-hybridized carbons (Fsp3) is 0.889. The Morgan fingerprint density at radius 1 is 0.684 bits per heavy atom. The highest BCUT2D eigenvalue weighted by molar-refractivity contribution is 6.61. The highest BCUT2D eigenvalue weighted by Gasteiger charge is 2.41. The molecule has 0 amide bonds. The Balaban J connectivity index is 2.94. The molecule has 0 spiro atoms. The Hall–Kier alpha value is -0.636. The number of hydrogen-bond acceptors (Lipinski definition) is 8. The molecule has 0 fully saturated rings. The number of aromatic nitrogens is 2. The maximum atomic E-state index is 6.10. The fourth-order valence-electron chi connectivity index (χ4n) is 4.84. The maximum Gasteiger partial charge on any atom is 0.500 e. The minimum atomic E-state index is -2.66. The van der Waals surface area contributed by atoms with Crippen molar-refractivity contribution in [2.45, 2.75) is 98.7 Å². The van der Waals surface area contributed by atoms with Gasteiger partial charge in [0.2, 0.25) is 0 Å². The Morgan fingerprint density at radius 2 is 1.11 bits per heavy atom. The molecule has 0 aromatic carbocycles. The van der Waals surface area contributed by atoms with E-state index >= 15 is 0 Å². The molecule has 1 rings (SSSR count). The minimum absolute atomic E-state index is 0.0235. The van der Waals surface area contributed by atoms with Crippen molar-refractivity contribution in [2.24, 2.45) is 0 Å². The lowest BCUT2D eigenvalue weighted by atomic mass is 9.94. The Labute approximate surface area is 235 Å². The molecule has 1 heterocycles. The van der Waals surface area contributed by atoms with E-state index in [0.717, 1.165) is 57.4 Å². The predicted octanol–water partition coefficient (Wildman–Crippen LogP) is 5.58. The first-order chi connectivity index (χ1) is 18.3. The van der Waals surface area contributed by atoms with Crippen LogP contribution in [-0.4, -0.2) is 91.3 Å². The third-order valence-corrected chi connectivity index (χ3v) is 13.3. The van der Waals surface area contributed by atoms with Crippen LogP contribution in [0.4, 0.5) is 0 Å². The molecular formula is C27H57N3O6Si2. The summed E-state index contributed by atoms with van der Waals surface area (Å²) >= 11 is 0. The van der Waals surface area contributed by atoms with Crippen molar-refractivity contribution >= 4 is 17.6 Å². The maximum absolute atomic E-state index is 6.10. The van der Waals surface area contributed by atoms with Crippen LogP contribution in [0.3, 0.4) is 0 Å². The standard InChI is InChI=1S/C27H57N3O6Si2/c1-9-27(8,30-23-19-28-26-30)18-22-29(20-16-24-37(31-10-2,32-11-3)33-12-4)21-17-25-38(34-13-5,35-14-6)36-15-7/h19,23,26H,9-18,20-22,24-25H2,1-8H3. The summed E-state index contributed by atoms with van der Waals surface area (Å²) < 4.78 is 38.9. The number of hydrogen-bond donors (Lipinski definition) is 0. The highest BCUT2D eigenvalue weighted by atomic mass is 28.4. The van der Waals surface area contributed by atoms with Gasteiger partial charge in [-0.15, -0.1) is 0 Å². The third kappa shape index (κ3) is 11.8. The summed E-state index contributed by atoms with van der Waals surface area (Å²) in [5.74, 6) is 0. The molecule has 0 aliphatic carbocycles. The van der Waals surface area contributed by atoms with E-state index in [9.17, 15) is 0 Å². The predicted molar refractivity (Wildman–Crippen MR) is 157 cm³/mol. The van der Waals surface area contributed by atoms with Gasteiger partial charge in [0.1, 0.15) is 0 Å². The molecule has 11 heteroatoms. The summed E-state index contributed by atoms with van der Waals surface area (Å²) in [5.41, 5.74) is 0.0235. The molecule has 0 bridgehead atoms. The Kier molecular flexibility index (Phi) is 18.1. The third-order valence-electron chi connectivity index (χ3n) is 6.96. The average molecular weight is 576 g/mol. The van der Waals surface area contributed by atoms with Gasteiger partial charge in [-0.25, -0.2) is 4.98 Å².